The van der Waals surface area contributed by atoms with E-state index in [1.807, 2.05) is 38.1 Å². The maximum absolute atomic E-state index is 9.53. The molecule has 0 amide bonds. The largest absolute Gasteiger partial charge is 0.436 e. The molecule has 6 heteroatoms. The number of hydrogen-bond donors (Lipinski definition) is 2. The van der Waals surface area contributed by atoms with Crippen molar-refractivity contribution in [1.82, 2.24) is 4.98 Å². The molecule has 5 nitrogen and oxygen atoms in total. The third kappa shape index (κ3) is 2.93. The van der Waals surface area contributed by atoms with Crippen molar-refractivity contribution in [2.45, 2.75) is 20.5 Å². The SMILES string of the molecule is Cc1ccccc1N=c1oc2c(C)ncc(CO)c2cc1C(N)=S. The lowest BCUT2D eigenvalue weighted by molar-refractivity contribution is 0.282. The topological polar surface area (TPSA) is 84.6 Å². The highest BCUT2D eigenvalue weighted by Crippen LogP contribution is 2.22. The van der Waals surface area contributed by atoms with Gasteiger partial charge in [0.2, 0.25) is 5.55 Å². The van der Waals surface area contributed by atoms with Gasteiger partial charge in [-0.2, -0.15) is 0 Å². The predicted molar refractivity (Wildman–Crippen MR) is 97.0 cm³/mol. The molecule has 0 saturated carbocycles. The quantitative estimate of drug-likeness (QED) is 0.717. The van der Waals surface area contributed by atoms with E-state index >= 15 is 0 Å². The van der Waals surface area contributed by atoms with Crippen molar-refractivity contribution >= 4 is 33.9 Å². The van der Waals surface area contributed by atoms with E-state index in [0.29, 0.717) is 28.0 Å². The summed E-state index contributed by atoms with van der Waals surface area (Å²) < 4.78 is 5.98. The maximum Gasteiger partial charge on any atom is 0.230 e. The van der Waals surface area contributed by atoms with Crippen molar-refractivity contribution in [1.29, 1.82) is 0 Å². The maximum atomic E-state index is 9.53. The molecule has 0 aliphatic rings. The highest BCUT2D eigenvalue weighted by Gasteiger charge is 2.12. The molecule has 1 aromatic carbocycles. The van der Waals surface area contributed by atoms with Crippen LogP contribution in [0.15, 0.2) is 45.9 Å². The van der Waals surface area contributed by atoms with Crippen LogP contribution in [0, 0.1) is 13.8 Å². The van der Waals surface area contributed by atoms with E-state index in [0.717, 1.165) is 16.6 Å². The summed E-state index contributed by atoms with van der Waals surface area (Å²) in [5.41, 5.74) is 10.4. The minimum Gasteiger partial charge on any atom is -0.436 e. The van der Waals surface area contributed by atoms with Gasteiger partial charge in [-0.15, -0.1) is 0 Å². The van der Waals surface area contributed by atoms with Crippen molar-refractivity contribution in [3.05, 3.63) is 64.5 Å². The van der Waals surface area contributed by atoms with Crippen LogP contribution in [-0.4, -0.2) is 15.1 Å². The molecule has 3 N–H and O–H groups in total. The summed E-state index contributed by atoms with van der Waals surface area (Å²) in [4.78, 5) is 9.03. The molecule has 3 aromatic rings. The van der Waals surface area contributed by atoms with E-state index in [-0.39, 0.29) is 11.6 Å². The fraction of sp³-hybridized carbons (Fsp3) is 0.167. The Morgan fingerprint density at radius 1 is 1.33 bits per heavy atom. The molecule has 0 bridgehead atoms. The highest BCUT2D eigenvalue weighted by atomic mass is 32.1. The van der Waals surface area contributed by atoms with Gasteiger partial charge in [0.15, 0.2) is 5.58 Å². The Morgan fingerprint density at radius 2 is 2.08 bits per heavy atom. The van der Waals surface area contributed by atoms with Gasteiger partial charge in [-0.3, -0.25) is 4.98 Å². The van der Waals surface area contributed by atoms with Gasteiger partial charge >= 0.3 is 0 Å². The van der Waals surface area contributed by atoms with Crippen LogP contribution in [0.5, 0.6) is 0 Å². The lowest BCUT2D eigenvalue weighted by Gasteiger charge is -2.08. The number of benzene rings is 1. The second kappa shape index (κ2) is 6.51. The summed E-state index contributed by atoms with van der Waals surface area (Å²) in [5.74, 6) is 0. The summed E-state index contributed by atoms with van der Waals surface area (Å²) >= 11 is 5.15. The summed E-state index contributed by atoms with van der Waals surface area (Å²) in [7, 11) is 0. The number of nitrogens with zero attached hydrogens (tertiary/aromatic N) is 2. The zero-order valence-corrected chi connectivity index (χ0v) is 14.2. The molecular weight excluding hydrogens is 322 g/mol. The molecule has 0 radical (unpaired) electrons. The van der Waals surface area contributed by atoms with Crippen LogP contribution >= 0.6 is 12.2 Å². The van der Waals surface area contributed by atoms with Crippen molar-refractivity contribution < 1.29 is 9.52 Å². The molecule has 0 atom stereocenters. The van der Waals surface area contributed by atoms with Gasteiger partial charge < -0.3 is 15.3 Å². The molecule has 0 aliphatic carbocycles. The Balaban J connectivity index is 2.39. The number of para-hydroxylation sites is 1. The number of hydrogen-bond acceptors (Lipinski definition) is 5. The first-order chi connectivity index (χ1) is 11.5. The number of fused-ring (bicyclic) bond motifs is 1. The van der Waals surface area contributed by atoms with E-state index in [1.54, 1.807) is 12.3 Å². The zero-order valence-electron chi connectivity index (χ0n) is 13.4. The molecule has 24 heavy (non-hydrogen) atoms. The smallest absolute Gasteiger partial charge is 0.230 e. The van der Waals surface area contributed by atoms with E-state index in [2.05, 4.69) is 9.98 Å². The first-order valence-electron chi connectivity index (χ1n) is 7.44. The number of aryl methyl sites for hydroxylation is 2. The second-order valence-electron chi connectivity index (χ2n) is 5.50. The van der Waals surface area contributed by atoms with E-state index in [4.69, 9.17) is 22.4 Å². The molecular formula is C18H17N3O2S. The van der Waals surface area contributed by atoms with Crippen molar-refractivity contribution in [3.63, 3.8) is 0 Å². The van der Waals surface area contributed by atoms with Crippen LogP contribution in [0.4, 0.5) is 5.69 Å². The third-order valence-electron chi connectivity index (χ3n) is 3.82. The van der Waals surface area contributed by atoms with Crippen LogP contribution in [0.1, 0.15) is 22.4 Å². The molecule has 2 heterocycles. The number of nitrogens with two attached hydrogens (primary N) is 1. The van der Waals surface area contributed by atoms with Crippen LogP contribution in [0.25, 0.3) is 11.0 Å². The molecule has 0 fully saturated rings. The Bertz CT molecular complexity index is 1010. The monoisotopic (exact) mass is 339 g/mol. The number of aromatic nitrogens is 1. The highest BCUT2D eigenvalue weighted by molar-refractivity contribution is 7.80. The van der Waals surface area contributed by atoms with Crippen molar-refractivity contribution in [2.24, 2.45) is 10.7 Å². The summed E-state index contributed by atoms with van der Waals surface area (Å²) in [6, 6.07) is 9.52. The standard InChI is InChI=1S/C18H17N3O2S/c1-10-5-3-4-6-15(10)21-18-14(17(19)24)7-13-12(9-22)8-20-11(2)16(13)23-18/h3-8,22H,9H2,1-2H3,(H2,19,24). The average Bonchev–Trinajstić information content (AvgIpc) is 2.57. The minimum absolute atomic E-state index is 0.148. The molecule has 2 aromatic heterocycles. The lowest BCUT2D eigenvalue weighted by Crippen LogP contribution is -2.21. The predicted octanol–water partition coefficient (Wildman–Crippen LogP) is 2.80. The Morgan fingerprint density at radius 3 is 2.75 bits per heavy atom. The van der Waals surface area contributed by atoms with Gasteiger partial charge in [-0.1, -0.05) is 30.4 Å². The van der Waals surface area contributed by atoms with E-state index < -0.39 is 0 Å². The molecule has 0 aliphatic heterocycles. The number of rotatable bonds is 3. The Hall–Kier alpha value is -2.57. The van der Waals surface area contributed by atoms with Gasteiger partial charge in [0.25, 0.3) is 0 Å². The molecule has 0 unspecified atom stereocenters. The summed E-state index contributed by atoms with van der Waals surface area (Å²) in [5, 5.41) is 10.3. The first kappa shape index (κ1) is 16.3. The van der Waals surface area contributed by atoms with Gasteiger partial charge in [0, 0.05) is 17.1 Å². The Labute approximate surface area is 144 Å². The van der Waals surface area contributed by atoms with Gasteiger partial charge in [0.05, 0.1) is 23.6 Å². The van der Waals surface area contributed by atoms with Gasteiger partial charge in [-0.25, -0.2) is 4.99 Å². The Kier molecular flexibility index (Phi) is 4.42. The number of aliphatic hydroxyl groups is 1. The minimum atomic E-state index is -0.148. The lowest BCUT2D eigenvalue weighted by atomic mass is 10.1. The second-order valence-corrected chi connectivity index (χ2v) is 5.94. The van der Waals surface area contributed by atoms with Crippen molar-refractivity contribution in [3.8, 4) is 0 Å². The first-order valence-corrected chi connectivity index (χ1v) is 7.85. The number of aliphatic hydroxyl groups excluding tert-OH is 1. The zero-order chi connectivity index (χ0) is 17.3. The molecule has 122 valence electrons. The average molecular weight is 339 g/mol. The third-order valence-corrected chi connectivity index (χ3v) is 4.04. The molecule has 0 saturated heterocycles. The van der Waals surface area contributed by atoms with Crippen LogP contribution in [0.2, 0.25) is 0 Å². The van der Waals surface area contributed by atoms with Gasteiger partial charge in [0.1, 0.15) is 4.99 Å². The molecule has 3 rings (SSSR count). The normalized spacial score (nSPS) is 11.9. The van der Waals surface area contributed by atoms with Crippen LogP contribution in [0.3, 0.4) is 0 Å². The molecule has 0 spiro atoms. The fourth-order valence-electron chi connectivity index (χ4n) is 2.47. The van der Waals surface area contributed by atoms with Crippen LogP contribution < -0.4 is 11.3 Å². The summed E-state index contributed by atoms with van der Waals surface area (Å²) in [6.45, 7) is 3.66. The van der Waals surface area contributed by atoms with E-state index in [1.165, 1.54) is 0 Å². The van der Waals surface area contributed by atoms with Gasteiger partial charge in [-0.05, 0) is 31.5 Å². The fourth-order valence-corrected chi connectivity index (χ4v) is 2.62. The number of thiocarbonyl (C=S) groups is 1. The van der Waals surface area contributed by atoms with Crippen molar-refractivity contribution in [2.75, 3.05) is 0 Å². The number of pyridine rings is 1. The summed E-state index contributed by atoms with van der Waals surface area (Å²) in [6.07, 6.45) is 1.62. The van der Waals surface area contributed by atoms with Crippen LogP contribution in [-0.2, 0) is 6.61 Å². The van der Waals surface area contributed by atoms with E-state index in [9.17, 15) is 5.11 Å².